The van der Waals surface area contributed by atoms with Gasteiger partial charge in [0.1, 0.15) is 11.6 Å². The Labute approximate surface area is 231 Å². The normalized spacial score (nSPS) is 17.3. The number of esters is 1. The molecule has 0 heterocycles. The fourth-order valence-corrected chi connectivity index (χ4v) is 6.69. The zero-order valence-electron chi connectivity index (χ0n) is 23.2. The maximum Gasteiger partial charge on any atom is 0.306 e. The van der Waals surface area contributed by atoms with Crippen LogP contribution in [0.4, 0.5) is 4.39 Å². The quantitative estimate of drug-likeness (QED) is 0.192. The van der Waals surface area contributed by atoms with Gasteiger partial charge in [-0.25, -0.2) is 4.39 Å². The zero-order valence-corrected chi connectivity index (χ0v) is 24.0. The SMILES string of the molecule is CC[C@H](CC(=O)OC)c1cccc(SCc2ccc(-c3cc(OC)ccc3F)c([C@H]3CCCC3(C)C)c2)c1. The molecule has 38 heavy (non-hydrogen) atoms. The van der Waals surface area contributed by atoms with Crippen LogP contribution < -0.4 is 4.74 Å². The van der Waals surface area contributed by atoms with Gasteiger partial charge in [0.05, 0.1) is 20.6 Å². The van der Waals surface area contributed by atoms with Gasteiger partial charge >= 0.3 is 5.97 Å². The first-order valence-electron chi connectivity index (χ1n) is 13.5. The highest BCUT2D eigenvalue weighted by Gasteiger charge is 2.37. The molecule has 1 fully saturated rings. The Balaban J connectivity index is 1.62. The third-order valence-electron chi connectivity index (χ3n) is 8.08. The first kappa shape index (κ1) is 28.2. The van der Waals surface area contributed by atoms with E-state index in [1.54, 1.807) is 24.9 Å². The Morgan fingerprint density at radius 1 is 1.08 bits per heavy atom. The van der Waals surface area contributed by atoms with Gasteiger partial charge in [-0.3, -0.25) is 4.79 Å². The summed E-state index contributed by atoms with van der Waals surface area (Å²) in [6.45, 7) is 6.77. The van der Waals surface area contributed by atoms with E-state index in [1.807, 2.05) is 6.07 Å². The Bertz CT molecular complexity index is 1270. The molecule has 0 amide bonds. The molecule has 0 aliphatic heterocycles. The number of benzene rings is 3. The average molecular weight is 535 g/mol. The monoisotopic (exact) mass is 534 g/mol. The van der Waals surface area contributed by atoms with Crippen molar-refractivity contribution in [3.8, 4) is 16.9 Å². The summed E-state index contributed by atoms with van der Waals surface area (Å²) in [5.74, 6) is 1.61. The minimum atomic E-state index is -0.223. The Hall–Kier alpha value is -2.79. The first-order valence-corrected chi connectivity index (χ1v) is 14.5. The third kappa shape index (κ3) is 6.43. The molecule has 0 saturated heterocycles. The molecule has 0 radical (unpaired) electrons. The lowest BCUT2D eigenvalue weighted by Crippen LogP contribution is -2.16. The lowest BCUT2D eigenvalue weighted by Gasteiger charge is -2.30. The molecular formula is C33H39FO3S. The average Bonchev–Trinajstić information content (AvgIpc) is 3.29. The largest absolute Gasteiger partial charge is 0.497 e. The zero-order chi connectivity index (χ0) is 27.3. The topological polar surface area (TPSA) is 35.5 Å². The van der Waals surface area contributed by atoms with E-state index in [-0.39, 0.29) is 23.1 Å². The van der Waals surface area contributed by atoms with Gasteiger partial charge in [0.25, 0.3) is 0 Å². The summed E-state index contributed by atoms with van der Waals surface area (Å²) in [6.07, 6.45) is 4.75. The second-order valence-corrected chi connectivity index (χ2v) is 12.0. The second kappa shape index (κ2) is 12.4. The Morgan fingerprint density at radius 2 is 1.89 bits per heavy atom. The molecule has 1 aliphatic carbocycles. The van der Waals surface area contributed by atoms with Crippen LogP contribution in [-0.4, -0.2) is 20.2 Å². The van der Waals surface area contributed by atoms with Gasteiger partial charge in [-0.05, 0) is 89.1 Å². The molecule has 4 rings (SSSR count). The van der Waals surface area contributed by atoms with Gasteiger partial charge in [0.2, 0.25) is 0 Å². The van der Waals surface area contributed by atoms with Crippen molar-refractivity contribution in [2.45, 2.75) is 75.4 Å². The molecule has 3 nitrogen and oxygen atoms in total. The molecule has 3 aromatic rings. The van der Waals surface area contributed by atoms with Crippen molar-refractivity contribution in [2.75, 3.05) is 14.2 Å². The number of halogens is 1. The lowest BCUT2D eigenvalue weighted by atomic mass is 9.75. The maximum absolute atomic E-state index is 15.1. The van der Waals surface area contributed by atoms with E-state index in [0.29, 0.717) is 23.7 Å². The number of ether oxygens (including phenoxy) is 2. The minimum Gasteiger partial charge on any atom is -0.497 e. The molecule has 0 N–H and O–H groups in total. The summed E-state index contributed by atoms with van der Waals surface area (Å²) in [5.41, 5.74) is 5.36. The van der Waals surface area contributed by atoms with Gasteiger partial charge in [0, 0.05) is 16.2 Å². The lowest BCUT2D eigenvalue weighted by molar-refractivity contribution is -0.141. The van der Waals surface area contributed by atoms with Crippen molar-refractivity contribution in [1.82, 2.24) is 0 Å². The van der Waals surface area contributed by atoms with Crippen LogP contribution in [0.1, 0.15) is 81.4 Å². The predicted octanol–water partition coefficient (Wildman–Crippen LogP) is 9.14. The summed E-state index contributed by atoms with van der Waals surface area (Å²) in [7, 11) is 3.06. The van der Waals surface area contributed by atoms with Crippen LogP contribution in [0.15, 0.2) is 65.6 Å². The standard InChI is InChI=1S/C33H39FO3S/c1-6-23(19-32(35)37-5)24-9-7-10-26(18-24)38-21-22-12-14-27(29-20-25(36-4)13-15-31(29)34)28(17-22)30-11-8-16-33(30,2)3/h7,9-10,12-15,17-18,20,23,30H,6,8,11,16,19,21H2,1-5H3/t23-,30-/m1/s1. The Morgan fingerprint density at radius 3 is 2.58 bits per heavy atom. The summed E-state index contributed by atoms with van der Waals surface area (Å²) in [5, 5.41) is 0. The van der Waals surface area contributed by atoms with Gasteiger partial charge in [-0.15, -0.1) is 11.8 Å². The van der Waals surface area contributed by atoms with Crippen molar-refractivity contribution in [1.29, 1.82) is 0 Å². The third-order valence-corrected chi connectivity index (χ3v) is 9.15. The van der Waals surface area contributed by atoms with E-state index < -0.39 is 0 Å². The number of hydrogen-bond acceptors (Lipinski definition) is 4. The number of hydrogen-bond donors (Lipinski definition) is 0. The molecule has 0 unspecified atom stereocenters. The van der Waals surface area contributed by atoms with Crippen molar-refractivity contribution in [2.24, 2.45) is 5.41 Å². The number of carbonyl (C=O) groups excluding carboxylic acids is 1. The number of rotatable bonds is 10. The van der Waals surface area contributed by atoms with Crippen LogP contribution in [0.25, 0.3) is 11.1 Å². The molecule has 3 aromatic carbocycles. The molecule has 202 valence electrons. The molecule has 1 aliphatic rings. The summed E-state index contributed by atoms with van der Waals surface area (Å²) in [4.78, 5) is 13.0. The van der Waals surface area contributed by atoms with Crippen LogP contribution in [0, 0.1) is 11.2 Å². The Kier molecular flexibility index (Phi) is 9.19. The summed E-state index contributed by atoms with van der Waals surface area (Å²) >= 11 is 1.79. The first-order chi connectivity index (χ1) is 18.2. The summed E-state index contributed by atoms with van der Waals surface area (Å²) < 4.78 is 25.4. The molecule has 5 heteroatoms. The van der Waals surface area contributed by atoms with E-state index in [2.05, 4.69) is 63.2 Å². The molecule has 0 spiro atoms. The highest BCUT2D eigenvalue weighted by atomic mass is 32.2. The molecule has 1 saturated carbocycles. The molecular weight excluding hydrogens is 495 g/mol. The van der Waals surface area contributed by atoms with Crippen molar-refractivity contribution in [3.05, 3.63) is 83.2 Å². The van der Waals surface area contributed by atoms with Gasteiger partial charge < -0.3 is 9.47 Å². The van der Waals surface area contributed by atoms with Gasteiger partial charge in [-0.2, -0.15) is 0 Å². The van der Waals surface area contributed by atoms with Crippen LogP contribution in [0.2, 0.25) is 0 Å². The molecule has 2 atom stereocenters. The van der Waals surface area contributed by atoms with E-state index >= 15 is 4.39 Å². The van der Waals surface area contributed by atoms with Crippen molar-refractivity contribution in [3.63, 3.8) is 0 Å². The van der Waals surface area contributed by atoms with Crippen LogP contribution in [-0.2, 0) is 15.3 Å². The van der Waals surface area contributed by atoms with Crippen molar-refractivity contribution < 1.29 is 18.7 Å². The highest BCUT2D eigenvalue weighted by molar-refractivity contribution is 7.98. The van der Waals surface area contributed by atoms with Gasteiger partial charge in [-0.1, -0.05) is 57.5 Å². The van der Waals surface area contributed by atoms with Crippen LogP contribution in [0.5, 0.6) is 5.75 Å². The maximum atomic E-state index is 15.1. The predicted molar refractivity (Wildman–Crippen MR) is 154 cm³/mol. The second-order valence-electron chi connectivity index (χ2n) is 10.9. The van der Waals surface area contributed by atoms with E-state index in [4.69, 9.17) is 9.47 Å². The number of thioether (sulfide) groups is 1. The van der Waals surface area contributed by atoms with Crippen LogP contribution in [0.3, 0.4) is 0 Å². The van der Waals surface area contributed by atoms with E-state index in [1.165, 1.54) is 47.6 Å². The van der Waals surface area contributed by atoms with Gasteiger partial charge in [0.15, 0.2) is 0 Å². The van der Waals surface area contributed by atoms with Crippen molar-refractivity contribution >= 4 is 17.7 Å². The minimum absolute atomic E-state index is 0.149. The molecule has 0 bridgehead atoms. The highest BCUT2D eigenvalue weighted by Crippen LogP contribution is 2.51. The van der Waals surface area contributed by atoms with Crippen LogP contribution >= 0.6 is 11.8 Å². The summed E-state index contributed by atoms with van der Waals surface area (Å²) in [6, 6.07) is 20.0. The van der Waals surface area contributed by atoms with E-state index in [0.717, 1.165) is 24.2 Å². The number of methoxy groups -OCH3 is 2. The number of carbonyl (C=O) groups is 1. The molecule has 0 aromatic heterocycles. The van der Waals surface area contributed by atoms with E-state index in [9.17, 15) is 4.79 Å². The fraction of sp³-hybridized carbons (Fsp3) is 0.424. The smallest absolute Gasteiger partial charge is 0.306 e. The fourth-order valence-electron chi connectivity index (χ4n) is 5.78.